The summed E-state index contributed by atoms with van der Waals surface area (Å²) in [5.74, 6) is -1.12. The molecule has 1 aromatic carbocycles. The van der Waals surface area contributed by atoms with E-state index in [1.807, 2.05) is 58.0 Å². The molecule has 0 saturated carbocycles. The molecule has 49 heavy (non-hydrogen) atoms. The van der Waals surface area contributed by atoms with Gasteiger partial charge in [-0.1, -0.05) is 70.9 Å². The predicted octanol–water partition coefficient (Wildman–Crippen LogP) is 2.58. The van der Waals surface area contributed by atoms with Gasteiger partial charge in [0.15, 0.2) is 0 Å². The molecule has 1 aliphatic rings. The Balaban J connectivity index is 2.40. The van der Waals surface area contributed by atoms with Crippen LogP contribution < -0.4 is 38.1 Å². The first-order chi connectivity index (χ1) is 23.4. The van der Waals surface area contributed by atoms with E-state index in [4.69, 9.17) is 11.5 Å². The number of hydrogen-bond acceptors (Lipinski definition) is 7. The maximum Gasteiger partial charge on any atom is 0.222 e. The van der Waals surface area contributed by atoms with Gasteiger partial charge in [-0.15, -0.1) is 0 Å². The Hall–Kier alpha value is -3.51. The highest BCUT2D eigenvalue weighted by molar-refractivity contribution is 5.84. The number of benzene rings is 1. The maximum atomic E-state index is 13.5. The van der Waals surface area contributed by atoms with E-state index in [1.165, 1.54) is 0 Å². The van der Waals surface area contributed by atoms with E-state index in [0.29, 0.717) is 38.8 Å². The Morgan fingerprint density at radius 2 is 1.00 bits per heavy atom. The Bertz CT molecular complexity index is 1160. The summed E-state index contributed by atoms with van der Waals surface area (Å²) in [7, 11) is 0. The molecular formula is C37H63N7O5. The Morgan fingerprint density at radius 1 is 0.571 bits per heavy atom. The van der Waals surface area contributed by atoms with Gasteiger partial charge in [-0.3, -0.25) is 24.0 Å². The summed E-state index contributed by atoms with van der Waals surface area (Å²) in [6.07, 6.45) is 5.45. The van der Waals surface area contributed by atoms with Crippen LogP contribution in [0, 0.1) is 11.8 Å². The minimum Gasteiger partial charge on any atom is -0.353 e. The fourth-order valence-corrected chi connectivity index (χ4v) is 6.32. The molecule has 12 nitrogen and oxygen atoms in total. The Morgan fingerprint density at radius 3 is 1.49 bits per heavy atom. The summed E-state index contributed by atoms with van der Waals surface area (Å²) < 4.78 is 0. The van der Waals surface area contributed by atoms with E-state index >= 15 is 0 Å². The second-order valence-corrected chi connectivity index (χ2v) is 14.4. The third-order valence-corrected chi connectivity index (χ3v) is 8.84. The van der Waals surface area contributed by atoms with Crippen LogP contribution >= 0.6 is 0 Å². The van der Waals surface area contributed by atoms with Gasteiger partial charge in [-0.05, 0) is 69.0 Å². The van der Waals surface area contributed by atoms with Gasteiger partial charge >= 0.3 is 0 Å². The topological polar surface area (TPSA) is 198 Å². The van der Waals surface area contributed by atoms with Crippen molar-refractivity contribution in [2.24, 2.45) is 23.3 Å². The van der Waals surface area contributed by atoms with E-state index < -0.39 is 30.2 Å². The molecule has 4 unspecified atom stereocenters. The van der Waals surface area contributed by atoms with Crippen molar-refractivity contribution < 1.29 is 24.0 Å². The number of nitrogens with one attached hydrogen (secondary N) is 5. The lowest BCUT2D eigenvalue weighted by atomic mass is 9.97. The zero-order valence-corrected chi connectivity index (χ0v) is 30.2. The van der Waals surface area contributed by atoms with Crippen molar-refractivity contribution in [2.75, 3.05) is 13.1 Å². The zero-order valence-electron chi connectivity index (χ0n) is 30.2. The molecule has 12 heteroatoms. The van der Waals surface area contributed by atoms with Gasteiger partial charge in [0.25, 0.3) is 0 Å². The highest BCUT2D eigenvalue weighted by atomic mass is 16.2. The first-order valence-electron chi connectivity index (χ1n) is 18.3. The lowest BCUT2D eigenvalue weighted by molar-refractivity contribution is -0.125. The van der Waals surface area contributed by atoms with Crippen molar-refractivity contribution in [1.82, 2.24) is 26.6 Å². The second kappa shape index (κ2) is 23.0. The molecule has 0 radical (unpaired) electrons. The molecule has 2 rings (SSSR count). The molecule has 0 bridgehead atoms. The van der Waals surface area contributed by atoms with Crippen LogP contribution in [0.2, 0.25) is 0 Å². The number of carbonyl (C=O) groups excluding carboxylic acids is 5. The van der Waals surface area contributed by atoms with Gasteiger partial charge in [-0.25, -0.2) is 0 Å². The van der Waals surface area contributed by atoms with E-state index in [-0.39, 0.29) is 73.5 Å². The molecule has 0 aromatic heterocycles. The van der Waals surface area contributed by atoms with Crippen molar-refractivity contribution in [3.63, 3.8) is 0 Å². The van der Waals surface area contributed by atoms with Crippen molar-refractivity contribution >= 4 is 29.5 Å². The van der Waals surface area contributed by atoms with Gasteiger partial charge in [0.05, 0.1) is 0 Å². The van der Waals surface area contributed by atoms with Crippen molar-refractivity contribution in [3.8, 4) is 0 Å². The van der Waals surface area contributed by atoms with E-state index in [0.717, 1.165) is 31.2 Å². The molecule has 276 valence electrons. The van der Waals surface area contributed by atoms with Gasteiger partial charge in [0.1, 0.15) is 0 Å². The van der Waals surface area contributed by atoms with E-state index in [2.05, 4.69) is 26.6 Å². The van der Waals surface area contributed by atoms with Gasteiger partial charge in [0, 0.05) is 62.3 Å². The zero-order chi connectivity index (χ0) is 36.2. The third-order valence-electron chi connectivity index (χ3n) is 8.84. The monoisotopic (exact) mass is 685 g/mol. The van der Waals surface area contributed by atoms with Gasteiger partial charge in [-0.2, -0.15) is 0 Å². The van der Waals surface area contributed by atoms with Crippen LogP contribution in [0.15, 0.2) is 30.3 Å². The summed E-state index contributed by atoms with van der Waals surface area (Å²) in [5.41, 5.74) is 12.4. The number of unbranched alkanes of at least 4 members (excludes halogenated alkanes) is 2. The Kier molecular flexibility index (Phi) is 19.6. The van der Waals surface area contributed by atoms with Crippen LogP contribution in [0.25, 0.3) is 0 Å². The summed E-state index contributed by atoms with van der Waals surface area (Å²) in [6.45, 7) is 8.98. The summed E-state index contributed by atoms with van der Waals surface area (Å²) in [4.78, 5) is 66.9. The van der Waals surface area contributed by atoms with Gasteiger partial charge < -0.3 is 38.1 Å². The second-order valence-electron chi connectivity index (χ2n) is 14.4. The third kappa shape index (κ3) is 18.2. The van der Waals surface area contributed by atoms with Crippen LogP contribution in [0.1, 0.15) is 110 Å². The smallest absolute Gasteiger partial charge is 0.222 e. The van der Waals surface area contributed by atoms with Crippen LogP contribution in [0.5, 0.6) is 0 Å². The summed E-state index contributed by atoms with van der Waals surface area (Å²) in [6, 6.07) is 7.46. The largest absolute Gasteiger partial charge is 0.353 e. The molecule has 1 aromatic rings. The van der Waals surface area contributed by atoms with Gasteiger partial charge in [0.2, 0.25) is 29.5 Å². The lowest BCUT2D eigenvalue weighted by Crippen LogP contribution is -2.49. The molecule has 1 fully saturated rings. The van der Waals surface area contributed by atoms with Crippen LogP contribution in [0.3, 0.4) is 0 Å². The minimum absolute atomic E-state index is 0.0268. The quantitative estimate of drug-likeness (QED) is 0.155. The fourth-order valence-electron chi connectivity index (χ4n) is 6.32. The predicted molar refractivity (Wildman–Crippen MR) is 193 cm³/mol. The first kappa shape index (κ1) is 41.7. The van der Waals surface area contributed by atoms with E-state index in [1.54, 1.807) is 0 Å². The molecule has 0 spiro atoms. The van der Waals surface area contributed by atoms with E-state index in [9.17, 15) is 24.0 Å². The average Bonchev–Trinajstić information content (AvgIpc) is 3.00. The number of carbonyl (C=O) groups is 5. The molecule has 1 saturated heterocycles. The molecule has 9 N–H and O–H groups in total. The van der Waals surface area contributed by atoms with Crippen LogP contribution in [-0.2, 0) is 30.4 Å². The summed E-state index contributed by atoms with van der Waals surface area (Å²) >= 11 is 0. The van der Waals surface area contributed by atoms with Crippen LogP contribution in [-0.4, -0.2) is 72.8 Å². The normalized spacial score (nSPS) is 24.1. The SMILES string of the molecule is CC(C)CC1CC(=O)NC(Cc2ccccc2)CC(=O)NC(C(C)C)CC(=O)NC(CCCCN)CC(=O)N[C@@H](CCCCN)CC(=O)N1. The molecule has 0 aliphatic carbocycles. The number of rotatable bonds is 13. The Labute approximate surface area is 293 Å². The standard InChI is InChI=1S/C37H63N7O5/c1-25(2)18-30-22-35(47)43-31(19-27-12-6-5-7-13-27)23-36(48)44-32(26(3)4)24-37(49)41-29(15-9-11-17-39)20-33(45)40-28(14-8-10-16-38)21-34(46)42-30/h5-7,12-13,25-26,28-32H,8-11,14-24,38-39H2,1-4H3,(H,40,45)(H,41,49)(H,42,46)(H,43,47)(H,44,48)/t28-,29?,30?,31?,32?/m0/s1. The van der Waals surface area contributed by atoms with Crippen molar-refractivity contribution in [1.29, 1.82) is 0 Å². The first-order valence-corrected chi connectivity index (χ1v) is 18.3. The minimum atomic E-state index is -0.494. The number of nitrogens with two attached hydrogens (primary N) is 2. The molecule has 1 aliphatic heterocycles. The summed E-state index contributed by atoms with van der Waals surface area (Å²) in [5, 5.41) is 15.2. The molecule has 1 heterocycles. The number of hydrogen-bond donors (Lipinski definition) is 7. The fraction of sp³-hybridized carbons (Fsp3) is 0.703. The van der Waals surface area contributed by atoms with Crippen molar-refractivity contribution in [2.45, 2.75) is 141 Å². The highest BCUT2D eigenvalue weighted by Crippen LogP contribution is 2.15. The lowest BCUT2D eigenvalue weighted by Gasteiger charge is -2.27. The maximum absolute atomic E-state index is 13.5. The number of amides is 5. The molecule has 5 amide bonds. The average molecular weight is 686 g/mol. The van der Waals surface area contributed by atoms with Crippen molar-refractivity contribution in [3.05, 3.63) is 35.9 Å². The molecular weight excluding hydrogens is 622 g/mol. The highest BCUT2D eigenvalue weighted by Gasteiger charge is 2.27. The molecule has 5 atom stereocenters. The van der Waals surface area contributed by atoms with Crippen LogP contribution in [0.4, 0.5) is 0 Å².